The molecule has 4 atom stereocenters. The van der Waals surface area contributed by atoms with Crippen molar-refractivity contribution in [1.82, 2.24) is 9.55 Å². The molecule has 11 heteroatoms. The molecule has 1 aliphatic rings. The number of hydrogen-bond donors (Lipinski definition) is 1. The van der Waals surface area contributed by atoms with E-state index in [-0.39, 0.29) is 22.5 Å². The normalized spacial score (nSPS) is 21.4. The van der Waals surface area contributed by atoms with Gasteiger partial charge in [0.1, 0.15) is 18.5 Å². The lowest BCUT2D eigenvalue weighted by molar-refractivity contribution is -0.255. The molecule has 1 saturated heterocycles. The average Bonchev–Trinajstić information content (AvgIpc) is 3.26. The predicted molar refractivity (Wildman–Crippen MR) is 147 cm³/mol. The van der Waals surface area contributed by atoms with E-state index in [1.54, 1.807) is 60.7 Å². The number of carboxylic acids is 1. The van der Waals surface area contributed by atoms with E-state index < -0.39 is 54.1 Å². The van der Waals surface area contributed by atoms with Gasteiger partial charge in [0.15, 0.2) is 11.9 Å². The number of rotatable bonds is 8. The van der Waals surface area contributed by atoms with E-state index in [1.165, 1.54) is 43.5 Å². The fourth-order valence-electron chi connectivity index (χ4n) is 5.08. The second kappa shape index (κ2) is 11.8. The van der Waals surface area contributed by atoms with E-state index in [0.717, 1.165) is 4.57 Å². The van der Waals surface area contributed by atoms with Crippen LogP contribution in [-0.2, 0) is 9.47 Å². The molecule has 0 aliphatic carbocycles. The number of esters is 1. The van der Waals surface area contributed by atoms with E-state index in [0.29, 0.717) is 5.56 Å². The Morgan fingerprint density at radius 3 is 2.24 bits per heavy atom. The first-order chi connectivity index (χ1) is 20.2. The Bertz CT molecular complexity index is 1670. The lowest BCUT2D eigenvalue weighted by atomic mass is 9.80. The van der Waals surface area contributed by atoms with Gasteiger partial charge in [0.2, 0.25) is 0 Å². The summed E-state index contributed by atoms with van der Waals surface area (Å²) < 4.78 is 29.2. The van der Waals surface area contributed by atoms with Gasteiger partial charge >= 0.3 is 11.7 Å². The molecule has 2 heterocycles. The molecule has 0 saturated carbocycles. The third kappa shape index (κ3) is 5.68. The zero-order valence-electron chi connectivity index (χ0n) is 22.3. The molecule has 10 nitrogen and oxygen atoms in total. The number of nitrogens with one attached hydrogen (secondary N) is 1. The van der Waals surface area contributed by atoms with E-state index >= 15 is 4.39 Å². The summed E-state index contributed by atoms with van der Waals surface area (Å²) in [7, 11) is 0. The molecule has 0 bridgehead atoms. The minimum atomic E-state index is -2.39. The van der Waals surface area contributed by atoms with Gasteiger partial charge in [-0.15, -0.1) is 0 Å². The second-order valence-electron chi connectivity index (χ2n) is 9.82. The maximum absolute atomic E-state index is 16.8. The van der Waals surface area contributed by atoms with Crippen molar-refractivity contribution in [1.29, 1.82) is 0 Å². The summed E-state index contributed by atoms with van der Waals surface area (Å²) in [6.45, 7) is 0.730. The molecule has 1 fully saturated rings. The van der Waals surface area contributed by atoms with Crippen molar-refractivity contribution >= 4 is 23.7 Å². The van der Waals surface area contributed by atoms with Crippen molar-refractivity contribution in [2.24, 2.45) is 0 Å². The van der Waals surface area contributed by atoms with Gasteiger partial charge in [-0.3, -0.25) is 9.36 Å². The summed E-state index contributed by atoms with van der Waals surface area (Å²) in [6, 6.07) is 23.5. The Kier molecular flexibility index (Phi) is 7.94. The van der Waals surface area contributed by atoms with Crippen LogP contribution in [0.1, 0.15) is 55.7 Å². The molecule has 5 rings (SSSR count). The molecule has 1 aromatic heterocycles. The standard InChI is InChI=1S/C31H26FN3O7/c1-31(32)25(21-14-8-9-15-22(21)27(37)38)23(18-41-28(39)20-12-6-3-7-13-20)42-29(31)35-17-16-24(34-30(35)40)33-26(36)19-10-4-2-5-11-19/h2-17,23,25,29H,18H2,1H3,(H,37,38)(H,33,34,36,40)/p-1/t23-,25+,29+,31-/m0/s1. The fourth-order valence-corrected chi connectivity index (χ4v) is 5.08. The largest absolute Gasteiger partial charge is 0.545 e. The number of nitrogens with zero attached hydrogens (tertiary/aromatic N) is 2. The van der Waals surface area contributed by atoms with Crippen LogP contribution in [0.5, 0.6) is 0 Å². The zero-order valence-corrected chi connectivity index (χ0v) is 22.3. The number of benzene rings is 3. The quantitative estimate of drug-likeness (QED) is 0.319. The number of hydrogen-bond acceptors (Lipinski definition) is 8. The summed E-state index contributed by atoms with van der Waals surface area (Å²) in [5.41, 5.74) is -2.92. The first-order valence-electron chi connectivity index (χ1n) is 13.0. The molecule has 1 N–H and O–H groups in total. The number of amides is 1. The first kappa shape index (κ1) is 28.4. The summed E-state index contributed by atoms with van der Waals surface area (Å²) >= 11 is 0. The van der Waals surface area contributed by atoms with Crippen molar-refractivity contribution in [3.63, 3.8) is 0 Å². The van der Waals surface area contributed by atoms with Gasteiger partial charge < -0.3 is 24.7 Å². The van der Waals surface area contributed by atoms with Crippen LogP contribution < -0.4 is 16.1 Å². The lowest BCUT2D eigenvalue weighted by Crippen LogP contribution is -2.39. The Hall–Kier alpha value is -5.16. The van der Waals surface area contributed by atoms with E-state index in [4.69, 9.17) is 9.47 Å². The topological polar surface area (TPSA) is 140 Å². The maximum Gasteiger partial charge on any atom is 0.351 e. The number of carboxylic acid groups (broad SMARTS) is 1. The molecule has 1 amide bonds. The van der Waals surface area contributed by atoms with Crippen LogP contribution in [0.15, 0.2) is 102 Å². The highest BCUT2D eigenvalue weighted by Gasteiger charge is 2.57. The number of ether oxygens (including phenoxy) is 2. The molecule has 0 spiro atoms. The average molecular weight is 571 g/mol. The number of halogens is 1. The number of anilines is 1. The first-order valence-corrected chi connectivity index (χ1v) is 13.0. The van der Waals surface area contributed by atoms with E-state index in [2.05, 4.69) is 10.3 Å². The molecule has 4 aromatic rings. The van der Waals surface area contributed by atoms with Gasteiger partial charge in [-0.05, 0) is 42.8 Å². The van der Waals surface area contributed by atoms with Crippen molar-refractivity contribution in [3.05, 3.63) is 130 Å². The number of alkyl halides is 1. The molecule has 0 unspecified atom stereocenters. The highest BCUT2D eigenvalue weighted by molar-refractivity contribution is 6.03. The SMILES string of the molecule is C[C@]1(F)[C@H](c2ccccc2C(=O)[O-])[C@H](COC(=O)c2ccccc2)O[C@H]1n1ccc(NC(=O)c2ccccc2)nc1=O. The Labute approximate surface area is 239 Å². The molecule has 42 heavy (non-hydrogen) atoms. The predicted octanol–water partition coefficient (Wildman–Crippen LogP) is 3.13. The van der Waals surface area contributed by atoms with E-state index in [1.807, 2.05) is 0 Å². The summed E-state index contributed by atoms with van der Waals surface area (Å²) in [6.07, 6.45) is -1.56. The Morgan fingerprint density at radius 1 is 0.976 bits per heavy atom. The molecular formula is C31H25FN3O7-. The van der Waals surface area contributed by atoms with Gasteiger partial charge in [-0.2, -0.15) is 4.98 Å². The van der Waals surface area contributed by atoms with Crippen molar-refractivity contribution in [2.75, 3.05) is 11.9 Å². The minimum absolute atomic E-state index is 0.0542. The zero-order chi connectivity index (χ0) is 29.9. The summed E-state index contributed by atoms with van der Waals surface area (Å²) in [5.74, 6) is -4.05. The summed E-state index contributed by atoms with van der Waals surface area (Å²) in [5, 5.41) is 14.4. The molecular weight excluding hydrogens is 545 g/mol. The van der Waals surface area contributed by atoms with Crippen molar-refractivity contribution in [2.45, 2.75) is 30.8 Å². The van der Waals surface area contributed by atoms with Crippen LogP contribution in [0.25, 0.3) is 0 Å². The Morgan fingerprint density at radius 2 is 1.60 bits per heavy atom. The van der Waals surface area contributed by atoms with Gasteiger partial charge in [-0.1, -0.05) is 60.7 Å². The maximum atomic E-state index is 16.8. The Balaban J connectivity index is 1.46. The van der Waals surface area contributed by atoms with Crippen LogP contribution in [0.3, 0.4) is 0 Å². The number of carbonyl (C=O) groups is 3. The van der Waals surface area contributed by atoms with Crippen LogP contribution >= 0.6 is 0 Å². The number of aromatic carboxylic acids is 1. The second-order valence-corrected chi connectivity index (χ2v) is 9.82. The van der Waals surface area contributed by atoms with Gasteiger partial charge in [0.25, 0.3) is 5.91 Å². The third-order valence-corrected chi connectivity index (χ3v) is 7.03. The van der Waals surface area contributed by atoms with Crippen LogP contribution in [0.4, 0.5) is 10.2 Å². The van der Waals surface area contributed by atoms with Crippen LogP contribution in [0.2, 0.25) is 0 Å². The van der Waals surface area contributed by atoms with Crippen molar-refractivity contribution < 1.29 is 33.4 Å². The highest BCUT2D eigenvalue weighted by Crippen LogP contribution is 2.51. The van der Waals surface area contributed by atoms with Gasteiger partial charge in [0, 0.05) is 17.3 Å². The minimum Gasteiger partial charge on any atom is -0.545 e. The highest BCUT2D eigenvalue weighted by atomic mass is 19.1. The monoisotopic (exact) mass is 570 g/mol. The lowest BCUT2D eigenvalue weighted by Gasteiger charge is -2.30. The van der Waals surface area contributed by atoms with Gasteiger partial charge in [0.05, 0.1) is 17.5 Å². The number of aromatic nitrogens is 2. The fraction of sp³-hybridized carbons (Fsp3) is 0.194. The van der Waals surface area contributed by atoms with Crippen LogP contribution in [-0.4, -0.2) is 45.8 Å². The molecule has 3 aromatic carbocycles. The number of carbonyl (C=O) groups excluding carboxylic acids is 3. The molecule has 1 aliphatic heterocycles. The van der Waals surface area contributed by atoms with E-state index in [9.17, 15) is 24.3 Å². The van der Waals surface area contributed by atoms with Gasteiger partial charge in [-0.25, -0.2) is 14.0 Å². The molecule has 0 radical (unpaired) electrons. The summed E-state index contributed by atoms with van der Waals surface area (Å²) in [4.78, 5) is 54.0. The molecule has 214 valence electrons. The van der Waals surface area contributed by atoms with Crippen LogP contribution in [0, 0.1) is 0 Å². The van der Waals surface area contributed by atoms with Crippen molar-refractivity contribution in [3.8, 4) is 0 Å². The smallest absolute Gasteiger partial charge is 0.351 e. The third-order valence-electron chi connectivity index (χ3n) is 7.03.